The average molecular weight is 220 g/mol. The van der Waals surface area contributed by atoms with Crippen molar-refractivity contribution in [3.63, 3.8) is 0 Å². The minimum atomic E-state index is -0.461. The highest BCUT2D eigenvalue weighted by Gasteiger charge is 2.19. The van der Waals surface area contributed by atoms with Crippen molar-refractivity contribution in [1.82, 2.24) is 0 Å². The maximum atomic E-state index is 9.69. The number of hydrogen-bond donors (Lipinski definition) is 1. The van der Waals surface area contributed by atoms with Gasteiger partial charge in [0.15, 0.2) is 0 Å². The van der Waals surface area contributed by atoms with E-state index in [2.05, 4.69) is 0 Å². The van der Waals surface area contributed by atoms with Crippen molar-refractivity contribution in [2.45, 2.75) is 51.7 Å². The Labute approximate surface area is 97.3 Å². The predicted octanol–water partition coefficient (Wildman–Crippen LogP) is 3.37. The van der Waals surface area contributed by atoms with Crippen LogP contribution in [0.4, 0.5) is 0 Å². The molecule has 1 aromatic carbocycles. The molecule has 1 N–H and O–H groups in total. The minimum absolute atomic E-state index is 0.347. The maximum Gasteiger partial charge on any atom is 0.125 e. The predicted molar refractivity (Wildman–Crippen MR) is 64.7 cm³/mol. The molecule has 2 rings (SSSR count). The van der Waals surface area contributed by atoms with Crippen molar-refractivity contribution in [3.8, 4) is 5.75 Å². The summed E-state index contributed by atoms with van der Waals surface area (Å²) < 4.78 is 5.99. The lowest BCUT2D eigenvalue weighted by Crippen LogP contribution is -2.13. The van der Waals surface area contributed by atoms with E-state index in [1.54, 1.807) is 6.92 Å². The maximum absolute atomic E-state index is 9.69. The van der Waals surface area contributed by atoms with Gasteiger partial charge >= 0.3 is 0 Å². The van der Waals surface area contributed by atoms with Crippen LogP contribution in [0.25, 0.3) is 0 Å². The number of aryl methyl sites for hydroxylation is 1. The topological polar surface area (TPSA) is 29.5 Å². The summed E-state index contributed by atoms with van der Waals surface area (Å²) in [4.78, 5) is 0. The third kappa shape index (κ3) is 2.56. The quantitative estimate of drug-likeness (QED) is 0.846. The molecule has 1 fully saturated rings. The molecule has 1 saturated carbocycles. The standard InChI is InChI=1S/C14H20O2/c1-10-7-8-13(11(2)15)14(9-10)16-12-5-3-4-6-12/h7-9,11-12,15H,3-6H2,1-2H3. The molecule has 1 aliphatic carbocycles. The molecule has 2 heteroatoms. The van der Waals surface area contributed by atoms with Crippen molar-refractivity contribution < 1.29 is 9.84 Å². The van der Waals surface area contributed by atoms with Crippen LogP contribution in [0.3, 0.4) is 0 Å². The Morgan fingerprint density at radius 3 is 2.62 bits per heavy atom. The number of aliphatic hydroxyl groups is 1. The van der Waals surface area contributed by atoms with E-state index in [-0.39, 0.29) is 0 Å². The van der Waals surface area contributed by atoms with Crippen molar-refractivity contribution in [1.29, 1.82) is 0 Å². The first-order valence-electron chi connectivity index (χ1n) is 6.12. The molecule has 0 amide bonds. The fourth-order valence-corrected chi connectivity index (χ4v) is 2.27. The van der Waals surface area contributed by atoms with Crippen LogP contribution < -0.4 is 4.74 Å². The highest BCUT2D eigenvalue weighted by Crippen LogP contribution is 2.30. The smallest absolute Gasteiger partial charge is 0.125 e. The number of aliphatic hydroxyl groups excluding tert-OH is 1. The van der Waals surface area contributed by atoms with Crippen LogP contribution >= 0.6 is 0 Å². The molecule has 1 aliphatic rings. The summed E-state index contributed by atoms with van der Waals surface area (Å²) in [5.74, 6) is 0.863. The van der Waals surface area contributed by atoms with Gasteiger partial charge in [-0.25, -0.2) is 0 Å². The van der Waals surface area contributed by atoms with E-state index in [0.29, 0.717) is 6.10 Å². The molecule has 0 spiro atoms. The summed E-state index contributed by atoms with van der Waals surface area (Å²) >= 11 is 0. The number of rotatable bonds is 3. The molecule has 1 atom stereocenters. The van der Waals surface area contributed by atoms with Gasteiger partial charge in [-0.05, 0) is 51.2 Å². The third-order valence-electron chi connectivity index (χ3n) is 3.21. The summed E-state index contributed by atoms with van der Waals surface area (Å²) in [5.41, 5.74) is 2.08. The van der Waals surface area contributed by atoms with E-state index in [9.17, 15) is 5.11 Å². The molecular weight excluding hydrogens is 200 g/mol. The van der Waals surface area contributed by atoms with E-state index in [0.717, 1.165) is 24.2 Å². The van der Waals surface area contributed by atoms with Gasteiger partial charge < -0.3 is 9.84 Å². The largest absolute Gasteiger partial charge is 0.490 e. The Morgan fingerprint density at radius 2 is 2.00 bits per heavy atom. The van der Waals surface area contributed by atoms with Gasteiger partial charge in [0, 0.05) is 5.56 Å². The summed E-state index contributed by atoms with van der Waals surface area (Å²) in [6, 6.07) is 6.01. The molecule has 0 bridgehead atoms. The fourth-order valence-electron chi connectivity index (χ4n) is 2.27. The van der Waals surface area contributed by atoms with Crippen LogP contribution in [0, 0.1) is 6.92 Å². The second-order valence-corrected chi connectivity index (χ2v) is 4.74. The van der Waals surface area contributed by atoms with Crippen LogP contribution in [0.1, 0.15) is 49.8 Å². The Bertz CT molecular complexity index is 352. The second kappa shape index (κ2) is 4.88. The Hall–Kier alpha value is -1.02. The van der Waals surface area contributed by atoms with E-state index >= 15 is 0 Å². The van der Waals surface area contributed by atoms with Gasteiger partial charge in [-0.2, -0.15) is 0 Å². The van der Waals surface area contributed by atoms with Crippen LogP contribution in [0.2, 0.25) is 0 Å². The third-order valence-corrected chi connectivity index (χ3v) is 3.21. The van der Waals surface area contributed by atoms with Crippen LogP contribution in [0.5, 0.6) is 5.75 Å². The van der Waals surface area contributed by atoms with Gasteiger partial charge in [0.1, 0.15) is 5.75 Å². The van der Waals surface area contributed by atoms with Crippen molar-refractivity contribution in [2.24, 2.45) is 0 Å². The number of benzene rings is 1. The molecule has 0 aliphatic heterocycles. The first-order valence-corrected chi connectivity index (χ1v) is 6.12. The van der Waals surface area contributed by atoms with Gasteiger partial charge in [0.25, 0.3) is 0 Å². The molecule has 88 valence electrons. The summed E-state index contributed by atoms with van der Waals surface area (Å²) in [5, 5.41) is 9.69. The van der Waals surface area contributed by atoms with E-state index in [4.69, 9.17) is 4.74 Å². The lowest BCUT2D eigenvalue weighted by atomic mass is 10.1. The number of hydrogen-bond acceptors (Lipinski definition) is 2. The van der Waals surface area contributed by atoms with E-state index < -0.39 is 6.10 Å². The van der Waals surface area contributed by atoms with Gasteiger partial charge in [0.2, 0.25) is 0 Å². The molecule has 0 heterocycles. The van der Waals surface area contributed by atoms with Gasteiger partial charge in [-0.3, -0.25) is 0 Å². The fraction of sp³-hybridized carbons (Fsp3) is 0.571. The first-order chi connectivity index (χ1) is 7.66. The van der Waals surface area contributed by atoms with Crippen molar-refractivity contribution in [2.75, 3.05) is 0 Å². The first kappa shape index (κ1) is 11.5. The van der Waals surface area contributed by atoms with Crippen molar-refractivity contribution >= 4 is 0 Å². The highest BCUT2D eigenvalue weighted by atomic mass is 16.5. The van der Waals surface area contributed by atoms with Gasteiger partial charge in [0.05, 0.1) is 12.2 Å². The molecule has 0 aromatic heterocycles. The van der Waals surface area contributed by atoms with Gasteiger partial charge in [-0.1, -0.05) is 12.1 Å². The molecule has 2 nitrogen and oxygen atoms in total. The second-order valence-electron chi connectivity index (χ2n) is 4.74. The zero-order chi connectivity index (χ0) is 11.5. The van der Waals surface area contributed by atoms with Crippen molar-refractivity contribution in [3.05, 3.63) is 29.3 Å². The zero-order valence-corrected chi connectivity index (χ0v) is 10.1. The molecular formula is C14H20O2. The van der Waals surface area contributed by atoms with E-state index in [1.807, 2.05) is 25.1 Å². The monoisotopic (exact) mass is 220 g/mol. The normalized spacial score (nSPS) is 18.7. The molecule has 0 radical (unpaired) electrons. The SMILES string of the molecule is Cc1ccc(C(C)O)c(OC2CCCC2)c1. The van der Waals surface area contributed by atoms with Crippen LogP contribution in [-0.2, 0) is 0 Å². The lowest BCUT2D eigenvalue weighted by molar-refractivity contribution is 0.174. The van der Waals surface area contributed by atoms with Gasteiger partial charge in [-0.15, -0.1) is 0 Å². The van der Waals surface area contributed by atoms with Crippen LogP contribution in [0.15, 0.2) is 18.2 Å². The zero-order valence-electron chi connectivity index (χ0n) is 10.1. The van der Waals surface area contributed by atoms with E-state index in [1.165, 1.54) is 18.4 Å². The Morgan fingerprint density at radius 1 is 1.31 bits per heavy atom. The lowest BCUT2D eigenvalue weighted by Gasteiger charge is -2.18. The molecule has 16 heavy (non-hydrogen) atoms. The summed E-state index contributed by atoms with van der Waals surface area (Å²) in [6.07, 6.45) is 4.71. The summed E-state index contributed by atoms with van der Waals surface area (Å²) in [6.45, 7) is 3.83. The average Bonchev–Trinajstić information content (AvgIpc) is 2.70. The summed E-state index contributed by atoms with van der Waals surface area (Å²) in [7, 11) is 0. The minimum Gasteiger partial charge on any atom is -0.490 e. The highest BCUT2D eigenvalue weighted by molar-refractivity contribution is 5.38. The molecule has 1 unspecified atom stereocenters. The Kier molecular flexibility index (Phi) is 3.49. The Balaban J connectivity index is 2.19. The van der Waals surface area contributed by atoms with Crippen LogP contribution in [-0.4, -0.2) is 11.2 Å². The molecule has 1 aromatic rings. The molecule has 0 saturated heterocycles. The number of ether oxygens (including phenoxy) is 1.